The van der Waals surface area contributed by atoms with Crippen molar-refractivity contribution >= 4 is 50.9 Å². The molecule has 0 fully saturated rings. The Balaban J connectivity index is 2.24. The van der Waals surface area contributed by atoms with Crippen LogP contribution in [0, 0.1) is 0 Å². The lowest BCUT2D eigenvalue weighted by atomic mass is 10.1. The molecule has 2 aromatic carbocycles. The van der Waals surface area contributed by atoms with Gasteiger partial charge in [-0.15, -0.1) is 0 Å². The second-order valence-electron chi connectivity index (χ2n) is 4.04. The fourth-order valence-electron chi connectivity index (χ4n) is 1.59. The molecule has 0 aliphatic rings. The minimum atomic E-state index is -0.488. The van der Waals surface area contributed by atoms with Crippen LogP contribution in [0.25, 0.3) is 0 Å². The first kappa shape index (κ1) is 15.2. The molecule has 0 saturated carbocycles. The van der Waals surface area contributed by atoms with Crippen LogP contribution in [0.1, 0.15) is 18.6 Å². The van der Waals surface area contributed by atoms with Crippen molar-refractivity contribution in [2.45, 2.75) is 22.8 Å². The van der Waals surface area contributed by atoms with Gasteiger partial charge in [-0.2, -0.15) is 0 Å². The number of rotatable bonds is 3. The molecule has 1 atom stereocenters. The number of aliphatic hydroxyl groups excluding tert-OH is 1. The molecule has 0 saturated heterocycles. The number of aliphatic hydroxyl groups is 1. The van der Waals surface area contributed by atoms with Crippen molar-refractivity contribution in [3.8, 4) is 0 Å². The average molecular weight is 378 g/mol. The van der Waals surface area contributed by atoms with Gasteiger partial charge in [0.25, 0.3) is 0 Å². The second-order valence-corrected chi connectivity index (χ2v) is 6.85. The summed E-state index contributed by atoms with van der Waals surface area (Å²) in [5.41, 5.74) is 0.874. The molecule has 5 heteroatoms. The van der Waals surface area contributed by atoms with Crippen LogP contribution in [-0.2, 0) is 0 Å². The molecule has 100 valence electrons. The summed E-state index contributed by atoms with van der Waals surface area (Å²) >= 11 is 16.9. The van der Waals surface area contributed by atoms with Crippen molar-refractivity contribution in [2.24, 2.45) is 0 Å². The summed E-state index contributed by atoms with van der Waals surface area (Å²) in [6.07, 6.45) is -0.488. The molecule has 0 heterocycles. The van der Waals surface area contributed by atoms with Crippen molar-refractivity contribution in [3.63, 3.8) is 0 Å². The highest BCUT2D eigenvalue weighted by Crippen LogP contribution is 2.35. The summed E-state index contributed by atoms with van der Waals surface area (Å²) < 4.78 is 0.896. The topological polar surface area (TPSA) is 20.2 Å². The SMILES string of the molecule is C[C@@H](O)c1ccc(Sc2ccc(Cl)c(Cl)c2)cc1Br. The quantitative estimate of drug-likeness (QED) is 0.711. The maximum absolute atomic E-state index is 9.58. The van der Waals surface area contributed by atoms with Gasteiger partial charge in [0.2, 0.25) is 0 Å². The van der Waals surface area contributed by atoms with Crippen LogP contribution in [0.15, 0.2) is 50.7 Å². The van der Waals surface area contributed by atoms with Crippen LogP contribution in [-0.4, -0.2) is 5.11 Å². The Labute approximate surface area is 135 Å². The molecule has 0 radical (unpaired) electrons. The van der Waals surface area contributed by atoms with E-state index in [-0.39, 0.29) is 0 Å². The molecule has 0 unspecified atom stereocenters. The third-order valence-corrected chi connectivity index (χ3v) is 4.95. The van der Waals surface area contributed by atoms with Crippen molar-refractivity contribution in [3.05, 3.63) is 56.5 Å². The van der Waals surface area contributed by atoms with Gasteiger partial charge in [0.15, 0.2) is 0 Å². The molecule has 1 nitrogen and oxygen atoms in total. The Bertz CT molecular complexity index is 602. The van der Waals surface area contributed by atoms with E-state index in [0.29, 0.717) is 10.0 Å². The lowest BCUT2D eigenvalue weighted by molar-refractivity contribution is 0.198. The van der Waals surface area contributed by atoms with Gasteiger partial charge in [0.05, 0.1) is 16.1 Å². The van der Waals surface area contributed by atoms with Gasteiger partial charge in [-0.25, -0.2) is 0 Å². The normalized spacial score (nSPS) is 12.5. The van der Waals surface area contributed by atoms with E-state index in [9.17, 15) is 5.11 Å². The van der Waals surface area contributed by atoms with E-state index in [0.717, 1.165) is 19.8 Å². The molecule has 0 spiro atoms. The third kappa shape index (κ3) is 3.89. The highest BCUT2D eigenvalue weighted by atomic mass is 79.9. The Morgan fingerprint density at radius 1 is 1.05 bits per heavy atom. The van der Waals surface area contributed by atoms with Crippen LogP contribution in [0.3, 0.4) is 0 Å². The maximum atomic E-state index is 9.58. The van der Waals surface area contributed by atoms with Crippen molar-refractivity contribution in [2.75, 3.05) is 0 Å². The van der Waals surface area contributed by atoms with Crippen LogP contribution in [0.4, 0.5) is 0 Å². The van der Waals surface area contributed by atoms with Gasteiger partial charge in [0, 0.05) is 14.3 Å². The largest absolute Gasteiger partial charge is 0.389 e. The zero-order valence-corrected chi connectivity index (χ0v) is 13.9. The minimum Gasteiger partial charge on any atom is -0.389 e. The van der Waals surface area contributed by atoms with E-state index in [4.69, 9.17) is 23.2 Å². The van der Waals surface area contributed by atoms with Gasteiger partial charge < -0.3 is 5.11 Å². The summed E-state index contributed by atoms with van der Waals surface area (Å²) in [6, 6.07) is 11.4. The predicted molar refractivity (Wildman–Crippen MR) is 85.4 cm³/mol. The fraction of sp³-hybridized carbons (Fsp3) is 0.143. The molecule has 19 heavy (non-hydrogen) atoms. The smallest absolute Gasteiger partial charge is 0.0772 e. The second kappa shape index (κ2) is 6.51. The van der Waals surface area contributed by atoms with Gasteiger partial charge in [-0.1, -0.05) is 57.0 Å². The first-order valence-electron chi connectivity index (χ1n) is 5.58. The van der Waals surface area contributed by atoms with Gasteiger partial charge in [-0.3, -0.25) is 0 Å². The number of halogens is 3. The fourth-order valence-corrected chi connectivity index (χ4v) is 3.71. The molecule has 0 aliphatic heterocycles. The monoisotopic (exact) mass is 376 g/mol. The van der Waals surface area contributed by atoms with Crippen LogP contribution >= 0.6 is 50.9 Å². The molecular formula is C14H11BrCl2OS. The van der Waals surface area contributed by atoms with Crippen molar-refractivity contribution in [1.29, 1.82) is 0 Å². The van der Waals surface area contributed by atoms with Crippen LogP contribution in [0.2, 0.25) is 10.0 Å². The number of hydrogen-bond donors (Lipinski definition) is 1. The summed E-state index contributed by atoms with van der Waals surface area (Å²) in [7, 11) is 0. The molecule has 0 aromatic heterocycles. The summed E-state index contributed by atoms with van der Waals surface area (Å²) in [5.74, 6) is 0. The molecular weight excluding hydrogens is 367 g/mol. The maximum Gasteiger partial charge on any atom is 0.0772 e. The zero-order chi connectivity index (χ0) is 14.0. The Morgan fingerprint density at radius 3 is 2.26 bits per heavy atom. The van der Waals surface area contributed by atoms with E-state index in [1.807, 2.05) is 30.3 Å². The summed E-state index contributed by atoms with van der Waals surface area (Å²) in [4.78, 5) is 2.08. The van der Waals surface area contributed by atoms with Crippen LogP contribution in [0.5, 0.6) is 0 Å². The van der Waals surface area contributed by atoms with Crippen LogP contribution < -0.4 is 0 Å². The molecule has 0 aliphatic carbocycles. The highest BCUT2D eigenvalue weighted by Gasteiger charge is 2.08. The third-order valence-electron chi connectivity index (χ3n) is 2.55. The summed E-state index contributed by atoms with van der Waals surface area (Å²) in [5, 5.41) is 10.7. The predicted octanol–water partition coefficient (Wildman–Crippen LogP) is 5.96. The van der Waals surface area contributed by atoms with Gasteiger partial charge >= 0.3 is 0 Å². The van der Waals surface area contributed by atoms with Gasteiger partial charge in [-0.05, 0) is 42.8 Å². The standard InChI is InChI=1S/C14H11BrCl2OS/c1-8(18)11-4-2-9(6-12(11)15)19-10-3-5-13(16)14(17)7-10/h2-8,18H,1H3/t8-/m1/s1. The Hall–Kier alpha value is -0.190. The van der Waals surface area contributed by atoms with Gasteiger partial charge in [0.1, 0.15) is 0 Å². The van der Waals surface area contributed by atoms with E-state index >= 15 is 0 Å². The number of benzene rings is 2. The lowest BCUT2D eigenvalue weighted by Gasteiger charge is -2.09. The van der Waals surface area contributed by atoms with Crippen molar-refractivity contribution in [1.82, 2.24) is 0 Å². The van der Waals surface area contributed by atoms with E-state index in [1.165, 1.54) is 0 Å². The van der Waals surface area contributed by atoms with E-state index < -0.39 is 6.10 Å². The Morgan fingerprint density at radius 2 is 1.68 bits per heavy atom. The van der Waals surface area contributed by atoms with E-state index in [1.54, 1.807) is 24.8 Å². The highest BCUT2D eigenvalue weighted by molar-refractivity contribution is 9.10. The number of hydrogen-bond acceptors (Lipinski definition) is 2. The summed E-state index contributed by atoms with van der Waals surface area (Å²) in [6.45, 7) is 1.74. The minimum absolute atomic E-state index is 0.488. The van der Waals surface area contributed by atoms with E-state index in [2.05, 4.69) is 15.9 Å². The Kier molecular flexibility index (Phi) is 5.21. The average Bonchev–Trinajstić information content (AvgIpc) is 2.33. The molecule has 0 bridgehead atoms. The zero-order valence-electron chi connectivity index (χ0n) is 10.0. The molecule has 0 amide bonds. The molecule has 2 aromatic rings. The lowest BCUT2D eigenvalue weighted by Crippen LogP contribution is -1.92. The first-order chi connectivity index (χ1) is 8.97. The molecule has 1 N–H and O–H groups in total. The molecule has 2 rings (SSSR count). The van der Waals surface area contributed by atoms with Crippen molar-refractivity contribution < 1.29 is 5.11 Å². The first-order valence-corrected chi connectivity index (χ1v) is 7.94.